The molecule has 2 nitrogen and oxygen atoms in total. The monoisotopic (exact) mass is 213 g/mol. The average Bonchev–Trinajstić information content (AvgIpc) is 2.87. The van der Waals surface area contributed by atoms with Crippen LogP contribution in [0.25, 0.3) is 0 Å². The molecule has 0 N–H and O–H groups in total. The van der Waals surface area contributed by atoms with Crippen LogP contribution in [0.1, 0.15) is 33.1 Å². The highest BCUT2D eigenvalue weighted by Gasteiger charge is 2.47. The molecule has 1 saturated heterocycles. The second-order valence-electron chi connectivity index (χ2n) is 5.52. The van der Waals surface area contributed by atoms with Gasteiger partial charge in [0.15, 0.2) is 0 Å². The number of hydrogen-bond donors (Lipinski definition) is 1. The van der Waals surface area contributed by atoms with Crippen LogP contribution in [0.15, 0.2) is 0 Å². The van der Waals surface area contributed by atoms with Gasteiger partial charge in [0.25, 0.3) is 0 Å². The van der Waals surface area contributed by atoms with E-state index in [1.165, 1.54) is 12.8 Å². The van der Waals surface area contributed by atoms with E-state index in [0.29, 0.717) is 11.3 Å². The predicted molar refractivity (Wildman–Crippen MR) is 60.5 cm³/mol. The van der Waals surface area contributed by atoms with Crippen molar-refractivity contribution in [3.8, 4) is 0 Å². The van der Waals surface area contributed by atoms with Crippen molar-refractivity contribution < 1.29 is 4.79 Å². The van der Waals surface area contributed by atoms with Crippen LogP contribution < -0.4 is 0 Å². The zero-order chi connectivity index (χ0) is 10.4. The first-order valence-corrected chi connectivity index (χ1v) is 6.03. The standard InChI is InChI=1S/C11H19NOS/c1-10(2)5-6-12(9(10)13)7-11(8-14)3-4-11/h14H,3-8H2,1-2H3. The van der Waals surface area contributed by atoms with Crippen LogP contribution >= 0.6 is 12.6 Å². The Bertz CT molecular complexity index is 258. The first-order valence-electron chi connectivity index (χ1n) is 5.39. The molecule has 2 fully saturated rings. The largest absolute Gasteiger partial charge is 0.342 e. The Morgan fingerprint density at radius 3 is 2.36 bits per heavy atom. The Balaban J connectivity index is 1.98. The summed E-state index contributed by atoms with van der Waals surface area (Å²) in [5.41, 5.74) is 0.256. The molecule has 2 aliphatic rings. The summed E-state index contributed by atoms with van der Waals surface area (Å²) in [6.45, 7) is 5.99. The molecule has 0 spiro atoms. The Hall–Kier alpha value is -0.180. The van der Waals surface area contributed by atoms with Crippen molar-refractivity contribution in [2.24, 2.45) is 10.8 Å². The zero-order valence-electron chi connectivity index (χ0n) is 9.05. The smallest absolute Gasteiger partial charge is 0.228 e. The van der Waals surface area contributed by atoms with Crippen molar-refractivity contribution in [1.82, 2.24) is 4.90 Å². The third kappa shape index (κ3) is 1.67. The second-order valence-corrected chi connectivity index (χ2v) is 5.83. The summed E-state index contributed by atoms with van der Waals surface area (Å²) in [7, 11) is 0. The summed E-state index contributed by atoms with van der Waals surface area (Å²) in [5.74, 6) is 1.27. The van der Waals surface area contributed by atoms with Crippen LogP contribution in [-0.2, 0) is 4.79 Å². The molecule has 0 aromatic rings. The van der Waals surface area contributed by atoms with Gasteiger partial charge in [0.05, 0.1) is 0 Å². The maximum atomic E-state index is 11.9. The Morgan fingerprint density at radius 1 is 1.36 bits per heavy atom. The van der Waals surface area contributed by atoms with Crippen LogP contribution in [0.4, 0.5) is 0 Å². The molecule has 1 amide bonds. The topological polar surface area (TPSA) is 20.3 Å². The van der Waals surface area contributed by atoms with Gasteiger partial charge in [-0.2, -0.15) is 12.6 Å². The molecule has 80 valence electrons. The van der Waals surface area contributed by atoms with Gasteiger partial charge in [-0.3, -0.25) is 4.79 Å². The van der Waals surface area contributed by atoms with Gasteiger partial charge in [-0.05, 0) is 30.4 Å². The molecule has 0 aromatic carbocycles. The first-order chi connectivity index (χ1) is 6.49. The van der Waals surface area contributed by atoms with E-state index in [1.807, 2.05) is 4.90 Å². The van der Waals surface area contributed by atoms with E-state index in [0.717, 1.165) is 25.3 Å². The van der Waals surface area contributed by atoms with E-state index in [9.17, 15) is 4.79 Å². The summed E-state index contributed by atoms with van der Waals surface area (Å²) < 4.78 is 0. The van der Waals surface area contributed by atoms with Gasteiger partial charge in [-0.1, -0.05) is 13.8 Å². The number of rotatable bonds is 3. The fourth-order valence-corrected chi connectivity index (χ4v) is 2.57. The van der Waals surface area contributed by atoms with Crippen molar-refractivity contribution >= 4 is 18.5 Å². The second kappa shape index (κ2) is 3.16. The fraction of sp³-hybridized carbons (Fsp3) is 0.909. The van der Waals surface area contributed by atoms with Crippen molar-refractivity contribution in [1.29, 1.82) is 0 Å². The minimum absolute atomic E-state index is 0.118. The highest BCUT2D eigenvalue weighted by atomic mass is 32.1. The van der Waals surface area contributed by atoms with E-state index in [2.05, 4.69) is 26.5 Å². The summed E-state index contributed by atoms with van der Waals surface area (Å²) in [4.78, 5) is 14.0. The third-order valence-corrected chi connectivity index (χ3v) is 4.36. The van der Waals surface area contributed by atoms with E-state index >= 15 is 0 Å². The highest BCUT2D eigenvalue weighted by molar-refractivity contribution is 7.80. The molecule has 14 heavy (non-hydrogen) atoms. The van der Waals surface area contributed by atoms with Gasteiger partial charge in [-0.15, -0.1) is 0 Å². The van der Waals surface area contributed by atoms with Crippen LogP contribution in [0.3, 0.4) is 0 Å². The number of likely N-dealkylation sites (tertiary alicyclic amines) is 1. The van der Waals surface area contributed by atoms with Crippen molar-refractivity contribution in [2.75, 3.05) is 18.8 Å². The average molecular weight is 213 g/mol. The van der Waals surface area contributed by atoms with Crippen LogP contribution in [0, 0.1) is 10.8 Å². The van der Waals surface area contributed by atoms with Gasteiger partial charge >= 0.3 is 0 Å². The Morgan fingerprint density at radius 2 is 2.00 bits per heavy atom. The molecule has 0 unspecified atom stereocenters. The first kappa shape index (κ1) is 10.3. The van der Waals surface area contributed by atoms with Crippen molar-refractivity contribution in [3.63, 3.8) is 0 Å². The van der Waals surface area contributed by atoms with Gasteiger partial charge in [0.1, 0.15) is 0 Å². The van der Waals surface area contributed by atoms with E-state index < -0.39 is 0 Å². The van der Waals surface area contributed by atoms with Gasteiger partial charge in [0, 0.05) is 18.5 Å². The molecule has 0 atom stereocenters. The quantitative estimate of drug-likeness (QED) is 0.711. The highest BCUT2D eigenvalue weighted by Crippen LogP contribution is 2.48. The maximum absolute atomic E-state index is 11.9. The van der Waals surface area contributed by atoms with Crippen molar-refractivity contribution in [2.45, 2.75) is 33.1 Å². The summed E-state index contributed by atoms with van der Waals surface area (Å²) in [5, 5.41) is 0. The van der Waals surface area contributed by atoms with Crippen LogP contribution in [-0.4, -0.2) is 29.6 Å². The van der Waals surface area contributed by atoms with E-state index in [-0.39, 0.29) is 5.41 Å². The van der Waals surface area contributed by atoms with E-state index in [4.69, 9.17) is 0 Å². The number of nitrogens with zero attached hydrogens (tertiary/aromatic N) is 1. The molecular weight excluding hydrogens is 194 g/mol. The molecular formula is C11H19NOS. The van der Waals surface area contributed by atoms with Gasteiger partial charge in [-0.25, -0.2) is 0 Å². The van der Waals surface area contributed by atoms with Crippen LogP contribution in [0.2, 0.25) is 0 Å². The molecule has 3 heteroatoms. The minimum Gasteiger partial charge on any atom is -0.342 e. The number of carbonyl (C=O) groups excluding carboxylic acids is 1. The number of carbonyl (C=O) groups is 1. The predicted octanol–water partition coefficient (Wildman–Crippen LogP) is 1.95. The Labute approximate surface area is 91.5 Å². The summed E-state index contributed by atoms with van der Waals surface area (Å²) >= 11 is 4.37. The molecule has 1 aliphatic heterocycles. The van der Waals surface area contributed by atoms with Gasteiger partial charge < -0.3 is 4.90 Å². The van der Waals surface area contributed by atoms with Crippen LogP contribution in [0.5, 0.6) is 0 Å². The fourth-order valence-electron chi connectivity index (χ4n) is 2.15. The minimum atomic E-state index is -0.118. The third-order valence-electron chi connectivity index (χ3n) is 3.69. The Kier molecular flexibility index (Phi) is 2.33. The molecule has 0 bridgehead atoms. The number of hydrogen-bond acceptors (Lipinski definition) is 2. The van der Waals surface area contributed by atoms with Gasteiger partial charge in [0.2, 0.25) is 5.91 Å². The lowest BCUT2D eigenvalue weighted by Gasteiger charge is -2.24. The summed E-state index contributed by atoms with van der Waals surface area (Å²) in [6, 6.07) is 0. The lowest BCUT2D eigenvalue weighted by atomic mass is 9.92. The molecule has 0 radical (unpaired) electrons. The van der Waals surface area contributed by atoms with E-state index in [1.54, 1.807) is 0 Å². The maximum Gasteiger partial charge on any atom is 0.228 e. The number of thiol groups is 1. The SMILES string of the molecule is CC1(C)CCN(CC2(CS)CC2)C1=O. The number of amides is 1. The summed E-state index contributed by atoms with van der Waals surface area (Å²) in [6.07, 6.45) is 3.51. The molecule has 1 aliphatic carbocycles. The lowest BCUT2D eigenvalue weighted by Crippen LogP contribution is -2.36. The van der Waals surface area contributed by atoms with Crippen molar-refractivity contribution in [3.05, 3.63) is 0 Å². The molecule has 1 saturated carbocycles. The molecule has 0 aromatic heterocycles. The lowest BCUT2D eigenvalue weighted by molar-refractivity contribution is -0.135. The zero-order valence-corrected chi connectivity index (χ0v) is 9.94. The molecule has 1 heterocycles. The molecule has 2 rings (SSSR count). The normalized spacial score (nSPS) is 28.2.